The molecular formula is C9H13N. The van der Waals surface area contributed by atoms with Crippen LogP contribution in [0.15, 0.2) is 11.6 Å². The fourth-order valence-corrected chi connectivity index (χ4v) is 1.51. The summed E-state index contributed by atoms with van der Waals surface area (Å²) in [6, 6.07) is 2.11. The highest BCUT2D eigenvalue weighted by Gasteiger charge is 2.12. The molecule has 1 saturated carbocycles. The van der Waals surface area contributed by atoms with E-state index in [-0.39, 0.29) is 0 Å². The Kier molecular flexibility index (Phi) is 2.50. The van der Waals surface area contributed by atoms with Crippen LogP contribution in [0.2, 0.25) is 0 Å². The second-order valence-corrected chi connectivity index (χ2v) is 3.00. The highest BCUT2D eigenvalue weighted by Crippen LogP contribution is 2.28. The van der Waals surface area contributed by atoms with Gasteiger partial charge in [0.1, 0.15) is 0 Å². The van der Waals surface area contributed by atoms with E-state index in [4.69, 9.17) is 5.26 Å². The lowest BCUT2D eigenvalue weighted by molar-refractivity contribution is 0.484. The van der Waals surface area contributed by atoms with Crippen molar-refractivity contribution < 1.29 is 0 Å². The summed E-state index contributed by atoms with van der Waals surface area (Å²) in [5.74, 6) is 0.661. The SMILES string of the molecule is CC1CCCC/C1=C\C#N. The Morgan fingerprint density at radius 1 is 1.60 bits per heavy atom. The third-order valence-electron chi connectivity index (χ3n) is 2.24. The van der Waals surface area contributed by atoms with E-state index in [1.807, 2.05) is 0 Å². The topological polar surface area (TPSA) is 23.8 Å². The average molecular weight is 135 g/mol. The highest BCUT2D eigenvalue weighted by atomic mass is 14.2. The lowest BCUT2D eigenvalue weighted by Gasteiger charge is -2.20. The number of nitriles is 1. The Labute approximate surface area is 62.4 Å². The fraction of sp³-hybridized carbons (Fsp3) is 0.667. The molecule has 1 aliphatic rings. The molecule has 0 bridgehead atoms. The van der Waals surface area contributed by atoms with Crippen molar-refractivity contribution in [1.82, 2.24) is 0 Å². The quantitative estimate of drug-likeness (QED) is 0.468. The molecule has 1 rings (SSSR count). The molecule has 1 atom stereocenters. The molecule has 0 amide bonds. The predicted molar refractivity (Wildman–Crippen MR) is 41.3 cm³/mol. The zero-order valence-electron chi connectivity index (χ0n) is 6.43. The molecule has 1 aliphatic carbocycles. The molecule has 1 nitrogen and oxygen atoms in total. The van der Waals surface area contributed by atoms with E-state index in [2.05, 4.69) is 13.0 Å². The van der Waals surface area contributed by atoms with E-state index < -0.39 is 0 Å². The first-order valence-electron chi connectivity index (χ1n) is 3.93. The van der Waals surface area contributed by atoms with Gasteiger partial charge >= 0.3 is 0 Å². The third kappa shape index (κ3) is 1.60. The summed E-state index contributed by atoms with van der Waals surface area (Å²) < 4.78 is 0. The third-order valence-corrected chi connectivity index (χ3v) is 2.24. The summed E-state index contributed by atoms with van der Waals surface area (Å²) >= 11 is 0. The molecule has 0 radical (unpaired) electrons. The van der Waals surface area contributed by atoms with Crippen LogP contribution in [-0.4, -0.2) is 0 Å². The molecule has 0 aromatic carbocycles. The van der Waals surface area contributed by atoms with Gasteiger partial charge in [0.05, 0.1) is 6.07 Å². The lowest BCUT2D eigenvalue weighted by atomic mass is 9.85. The monoisotopic (exact) mass is 135 g/mol. The molecule has 1 fully saturated rings. The van der Waals surface area contributed by atoms with Crippen LogP contribution in [0.1, 0.15) is 32.6 Å². The van der Waals surface area contributed by atoms with Crippen LogP contribution in [0.25, 0.3) is 0 Å². The van der Waals surface area contributed by atoms with Gasteiger partial charge in [-0.2, -0.15) is 5.26 Å². The van der Waals surface area contributed by atoms with Crippen molar-refractivity contribution >= 4 is 0 Å². The molecule has 1 heteroatoms. The van der Waals surface area contributed by atoms with Crippen molar-refractivity contribution in [2.45, 2.75) is 32.6 Å². The number of hydrogen-bond donors (Lipinski definition) is 0. The molecule has 0 aromatic heterocycles. The van der Waals surface area contributed by atoms with Crippen LogP contribution in [0.3, 0.4) is 0 Å². The van der Waals surface area contributed by atoms with Crippen molar-refractivity contribution in [1.29, 1.82) is 5.26 Å². The molecular weight excluding hydrogens is 122 g/mol. The van der Waals surface area contributed by atoms with Crippen LogP contribution in [0, 0.1) is 17.2 Å². The van der Waals surface area contributed by atoms with Gasteiger partial charge in [-0.15, -0.1) is 0 Å². The molecule has 0 spiro atoms. The van der Waals surface area contributed by atoms with E-state index in [0.717, 1.165) is 6.42 Å². The van der Waals surface area contributed by atoms with Gasteiger partial charge in [0.15, 0.2) is 0 Å². The Balaban J connectivity index is 2.58. The second kappa shape index (κ2) is 3.41. The van der Waals surface area contributed by atoms with Crippen molar-refractivity contribution in [3.8, 4) is 6.07 Å². The Morgan fingerprint density at radius 3 is 3.00 bits per heavy atom. The minimum atomic E-state index is 0.661. The zero-order chi connectivity index (χ0) is 7.40. The maximum absolute atomic E-state index is 8.41. The van der Waals surface area contributed by atoms with Crippen LogP contribution >= 0.6 is 0 Å². The minimum Gasteiger partial charge on any atom is -0.193 e. The van der Waals surface area contributed by atoms with Gasteiger partial charge in [-0.1, -0.05) is 18.9 Å². The fourth-order valence-electron chi connectivity index (χ4n) is 1.51. The summed E-state index contributed by atoms with van der Waals surface area (Å²) in [5, 5.41) is 8.41. The van der Waals surface area contributed by atoms with E-state index in [1.165, 1.54) is 24.8 Å². The summed E-state index contributed by atoms with van der Waals surface area (Å²) in [7, 11) is 0. The summed E-state index contributed by atoms with van der Waals surface area (Å²) in [6.45, 7) is 2.21. The molecule has 0 N–H and O–H groups in total. The molecule has 0 aromatic rings. The van der Waals surface area contributed by atoms with Gasteiger partial charge in [0.2, 0.25) is 0 Å². The maximum atomic E-state index is 8.41. The van der Waals surface area contributed by atoms with Gasteiger partial charge in [-0.3, -0.25) is 0 Å². The summed E-state index contributed by atoms with van der Waals surface area (Å²) in [6.07, 6.45) is 6.76. The lowest BCUT2D eigenvalue weighted by Crippen LogP contribution is -2.05. The van der Waals surface area contributed by atoms with Crippen molar-refractivity contribution in [3.05, 3.63) is 11.6 Å². The van der Waals surface area contributed by atoms with Crippen LogP contribution in [-0.2, 0) is 0 Å². The first-order chi connectivity index (χ1) is 4.84. The number of allylic oxidation sites excluding steroid dienone is 2. The van der Waals surface area contributed by atoms with Crippen molar-refractivity contribution in [3.63, 3.8) is 0 Å². The number of nitrogens with zero attached hydrogens (tertiary/aromatic N) is 1. The van der Waals surface area contributed by atoms with E-state index in [9.17, 15) is 0 Å². The average Bonchev–Trinajstić information content (AvgIpc) is 1.94. The van der Waals surface area contributed by atoms with Gasteiger partial charge in [-0.25, -0.2) is 0 Å². The molecule has 10 heavy (non-hydrogen) atoms. The Bertz CT molecular complexity index is 174. The summed E-state index contributed by atoms with van der Waals surface area (Å²) in [4.78, 5) is 0. The Morgan fingerprint density at radius 2 is 2.40 bits per heavy atom. The van der Waals surface area contributed by atoms with Gasteiger partial charge < -0.3 is 0 Å². The standard InChI is InChI=1S/C9H13N/c1-8-4-2-3-5-9(8)6-7-10/h6,8H,2-5H2,1H3/b9-6+. The second-order valence-electron chi connectivity index (χ2n) is 3.00. The molecule has 0 aliphatic heterocycles. The van der Waals surface area contributed by atoms with E-state index in [0.29, 0.717) is 5.92 Å². The smallest absolute Gasteiger partial charge is 0.0911 e. The van der Waals surface area contributed by atoms with Crippen molar-refractivity contribution in [2.24, 2.45) is 5.92 Å². The molecule has 54 valence electrons. The highest BCUT2D eigenvalue weighted by molar-refractivity contribution is 5.16. The predicted octanol–water partition coefficient (Wildman–Crippen LogP) is 2.65. The first-order valence-corrected chi connectivity index (χ1v) is 3.93. The van der Waals surface area contributed by atoms with Gasteiger partial charge in [0.25, 0.3) is 0 Å². The number of hydrogen-bond acceptors (Lipinski definition) is 1. The maximum Gasteiger partial charge on any atom is 0.0911 e. The van der Waals surface area contributed by atoms with Crippen LogP contribution in [0.4, 0.5) is 0 Å². The van der Waals surface area contributed by atoms with Crippen LogP contribution < -0.4 is 0 Å². The number of rotatable bonds is 0. The van der Waals surface area contributed by atoms with Crippen LogP contribution in [0.5, 0.6) is 0 Å². The Hall–Kier alpha value is -0.770. The first kappa shape index (κ1) is 7.34. The molecule has 0 heterocycles. The summed E-state index contributed by atoms with van der Waals surface area (Å²) in [5.41, 5.74) is 1.36. The van der Waals surface area contributed by atoms with Gasteiger partial charge in [0, 0.05) is 6.08 Å². The van der Waals surface area contributed by atoms with Crippen molar-refractivity contribution in [2.75, 3.05) is 0 Å². The zero-order valence-corrected chi connectivity index (χ0v) is 6.43. The largest absolute Gasteiger partial charge is 0.193 e. The molecule has 1 unspecified atom stereocenters. The van der Waals surface area contributed by atoms with E-state index in [1.54, 1.807) is 6.08 Å². The van der Waals surface area contributed by atoms with Gasteiger partial charge in [-0.05, 0) is 25.2 Å². The molecule has 0 saturated heterocycles. The normalized spacial score (nSPS) is 30.0. The minimum absolute atomic E-state index is 0.661. The van der Waals surface area contributed by atoms with E-state index >= 15 is 0 Å².